The van der Waals surface area contributed by atoms with Gasteiger partial charge in [-0.3, -0.25) is 23.9 Å². The van der Waals surface area contributed by atoms with E-state index in [0.29, 0.717) is 48.5 Å². The lowest BCUT2D eigenvalue weighted by Gasteiger charge is -2.29. The molecule has 1 saturated heterocycles. The summed E-state index contributed by atoms with van der Waals surface area (Å²) in [5.41, 5.74) is -0.557. The molecule has 8 rings (SSSR count). The molecule has 3 fully saturated rings. The Hall–Kier alpha value is -5.12. The highest BCUT2D eigenvalue weighted by Crippen LogP contribution is 2.46. The van der Waals surface area contributed by atoms with Crippen LogP contribution in [0.15, 0.2) is 53.0 Å². The lowest BCUT2D eigenvalue weighted by molar-refractivity contribution is -0.142. The standard InChI is InChI=1S/C38H39F2N5O8S/c1-20(46)41-29-8-6-4-2-3-5-7-21-18-38(21,37(49)44-54(50,51)25-11-12-25)43-35(47)30-17-24(19-45(30)36(29)48)52-33-27-15-22(39)10-14-28(27)42-32-26-13-9-23(40)16-31(26)53-34(32)33/h5,7,9-10,13-16,21,24-25,29-30H,2-4,6,8,11-12,17-19H2,1H3,(H,41,46)(H,43,47)(H,44,49)/b7-5-/t21-,24-,29+,30+,38-/m1/s1. The third kappa shape index (κ3) is 6.75. The molecular formula is C38H39F2N5O8S. The van der Waals surface area contributed by atoms with E-state index in [-0.39, 0.29) is 41.7 Å². The molecule has 0 spiro atoms. The average Bonchev–Trinajstić information content (AvgIpc) is 4.02. The fraction of sp³-hybridized carbons (Fsp3) is 0.447. The fourth-order valence-corrected chi connectivity index (χ4v) is 9.09. The van der Waals surface area contributed by atoms with Crippen molar-refractivity contribution in [2.24, 2.45) is 5.92 Å². The summed E-state index contributed by atoms with van der Waals surface area (Å²) in [5, 5.41) is 5.64. The first-order valence-corrected chi connectivity index (χ1v) is 19.8. The van der Waals surface area contributed by atoms with Crippen molar-refractivity contribution in [1.82, 2.24) is 25.2 Å². The molecule has 0 unspecified atom stereocenters. The highest BCUT2D eigenvalue weighted by molar-refractivity contribution is 7.91. The van der Waals surface area contributed by atoms with Crippen LogP contribution in [-0.2, 0) is 29.2 Å². The van der Waals surface area contributed by atoms with Crippen LogP contribution >= 0.6 is 0 Å². The van der Waals surface area contributed by atoms with Crippen LogP contribution in [0.4, 0.5) is 8.78 Å². The number of ether oxygens (including phenoxy) is 1. The topological polar surface area (TPSA) is 177 Å². The van der Waals surface area contributed by atoms with E-state index in [0.717, 1.165) is 12.8 Å². The molecule has 3 N–H and O–H groups in total. The number of aromatic nitrogens is 1. The van der Waals surface area contributed by atoms with E-state index in [1.807, 2.05) is 12.2 Å². The van der Waals surface area contributed by atoms with E-state index in [1.165, 1.54) is 48.2 Å². The van der Waals surface area contributed by atoms with Crippen LogP contribution in [-0.4, -0.2) is 77.5 Å². The van der Waals surface area contributed by atoms with Gasteiger partial charge in [-0.1, -0.05) is 25.0 Å². The normalized spacial score (nSPS) is 27.1. The highest BCUT2D eigenvalue weighted by atomic mass is 32.2. The number of carbonyl (C=O) groups is 4. The van der Waals surface area contributed by atoms with Crippen molar-refractivity contribution in [3.05, 3.63) is 60.2 Å². The number of pyridine rings is 1. The van der Waals surface area contributed by atoms with Gasteiger partial charge < -0.3 is 24.7 Å². The van der Waals surface area contributed by atoms with Gasteiger partial charge in [0, 0.05) is 36.1 Å². The van der Waals surface area contributed by atoms with Crippen molar-refractivity contribution in [3.63, 3.8) is 0 Å². The molecule has 2 aliphatic heterocycles. The van der Waals surface area contributed by atoms with Crippen LogP contribution in [0.3, 0.4) is 0 Å². The van der Waals surface area contributed by atoms with Crippen LogP contribution in [0.25, 0.3) is 33.0 Å². The lowest BCUT2D eigenvalue weighted by Crippen LogP contribution is -2.58. The highest BCUT2D eigenvalue weighted by Gasteiger charge is 2.62. The maximum atomic E-state index is 14.7. The summed E-state index contributed by atoms with van der Waals surface area (Å²) in [7, 11) is -3.93. The first kappa shape index (κ1) is 35.9. The minimum Gasteiger partial charge on any atom is -0.484 e. The number of rotatable bonds is 6. The van der Waals surface area contributed by atoms with Crippen LogP contribution in [0, 0.1) is 17.6 Å². The van der Waals surface area contributed by atoms with Gasteiger partial charge in [0.15, 0.2) is 11.3 Å². The molecule has 4 aliphatic rings. The molecule has 54 heavy (non-hydrogen) atoms. The molecule has 2 aliphatic carbocycles. The predicted molar refractivity (Wildman–Crippen MR) is 192 cm³/mol. The van der Waals surface area contributed by atoms with Gasteiger partial charge in [-0.15, -0.1) is 0 Å². The SMILES string of the molecule is CC(=O)N[C@H]1CCCCC/C=C\[C@@H]2C[C@@]2(C(=O)NS(=O)(=O)C2CC2)NC(=O)[C@@H]2C[C@@H](Oc3c4cc(F)ccc4nc4c3oc3cc(F)ccc34)CN2C1=O. The monoisotopic (exact) mass is 763 g/mol. The minimum atomic E-state index is -3.93. The maximum absolute atomic E-state index is 14.7. The largest absolute Gasteiger partial charge is 0.484 e. The number of hydrogen-bond donors (Lipinski definition) is 3. The molecule has 16 heteroatoms. The number of fused-ring (bicyclic) bond motifs is 6. The Balaban J connectivity index is 1.16. The Bertz CT molecular complexity index is 2360. The first-order chi connectivity index (χ1) is 25.8. The van der Waals surface area contributed by atoms with E-state index < -0.39 is 80.2 Å². The summed E-state index contributed by atoms with van der Waals surface area (Å²) in [4.78, 5) is 60.6. The number of nitrogens with one attached hydrogen (secondary N) is 3. The second-order valence-electron chi connectivity index (χ2n) is 14.8. The van der Waals surface area contributed by atoms with Crippen LogP contribution in [0.1, 0.15) is 64.7 Å². The Kier molecular flexibility index (Phi) is 9.05. The Morgan fingerprint density at radius 2 is 1.81 bits per heavy atom. The predicted octanol–water partition coefficient (Wildman–Crippen LogP) is 4.27. The molecule has 4 heterocycles. The first-order valence-electron chi connectivity index (χ1n) is 18.2. The number of hydrogen-bond acceptors (Lipinski definition) is 9. The van der Waals surface area contributed by atoms with E-state index in [9.17, 15) is 36.4 Å². The molecule has 2 aromatic heterocycles. The van der Waals surface area contributed by atoms with Gasteiger partial charge >= 0.3 is 0 Å². The second kappa shape index (κ2) is 13.6. The number of halogens is 2. The van der Waals surface area contributed by atoms with E-state index in [4.69, 9.17) is 9.15 Å². The summed E-state index contributed by atoms with van der Waals surface area (Å²) in [5.74, 6) is -4.00. The van der Waals surface area contributed by atoms with Crippen molar-refractivity contribution in [3.8, 4) is 5.75 Å². The van der Waals surface area contributed by atoms with Gasteiger partial charge in [-0.2, -0.15) is 0 Å². The van der Waals surface area contributed by atoms with Crippen molar-refractivity contribution >= 4 is 66.6 Å². The molecule has 2 aromatic carbocycles. The van der Waals surface area contributed by atoms with Crippen LogP contribution < -0.4 is 20.1 Å². The third-order valence-corrected chi connectivity index (χ3v) is 12.6. The maximum Gasteiger partial charge on any atom is 0.259 e. The Labute approximate surface area is 308 Å². The molecule has 5 atom stereocenters. The van der Waals surface area contributed by atoms with Crippen LogP contribution in [0.5, 0.6) is 5.75 Å². The van der Waals surface area contributed by atoms with Gasteiger partial charge in [0.1, 0.15) is 46.5 Å². The van der Waals surface area contributed by atoms with Gasteiger partial charge in [0.2, 0.25) is 27.7 Å². The second-order valence-corrected chi connectivity index (χ2v) is 16.7. The molecule has 13 nitrogen and oxygen atoms in total. The Morgan fingerprint density at radius 3 is 2.59 bits per heavy atom. The van der Waals surface area contributed by atoms with Gasteiger partial charge in [-0.25, -0.2) is 22.2 Å². The zero-order valence-electron chi connectivity index (χ0n) is 29.4. The molecule has 0 bridgehead atoms. The molecule has 4 amide bonds. The van der Waals surface area contributed by atoms with Crippen LogP contribution in [0.2, 0.25) is 0 Å². The molecule has 284 valence electrons. The Morgan fingerprint density at radius 1 is 1.04 bits per heavy atom. The number of carbonyl (C=O) groups excluding carboxylic acids is 4. The number of amides is 4. The van der Waals surface area contributed by atoms with E-state index in [2.05, 4.69) is 20.3 Å². The zero-order valence-corrected chi connectivity index (χ0v) is 30.2. The summed E-state index contributed by atoms with van der Waals surface area (Å²) >= 11 is 0. The van der Waals surface area contributed by atoms with Crippen molar-refractivity contribution in [1.29, 1.82) is 0 Å². The van der Waals surface area contributed by atoms with Gasteiger partial charge in [0.05, 0.1) is 17.3 Å². The van der Waals surface area contributed by atoms with Crippen molar-refractivity contribution < 1.29 is 45.5 Å². The molecular weight excluding hydrogens is 725 g/mol. The van der Waals surface area contributed by atoms with Gasteiger partial charge in [0.25, 0.3) is 5.91 Å². The summed E-state index contributed by atoms with van der Waals surface area (Å²) in [6.07, 6.45) is 6.94. The van der Waals surface area contributed by atoms with E-state index in [1.54, 1.807) is 0 Å². The molecule has 0 radical (unpaired) electrons. The number of sulfonamides is 1. The van der Waals surface area contributed by atoms with Crippen molar-refractivity contribution in [2.45, 2.75) is 93.7 Å². The lowest BCUT2D eigenvalue weighted by atomic mass is 10.0. The summed E-state index contributed by atoms with van der Waals surface area (Å²) < 4.78 is 69.3. The summed E-state index contributed by atoms with van der Waals surface area (Å²) in [6.45, 7) is 1.16. The summed E-state index contributed by atoms with van der Waals surface area (Å²) in [6, 6.07) is 5.76. The zero-order chi connectivity index (χ0) is 37.9. The number of benzene rings is 2. The fourth-order valence-electron chi connectivity index (χ4n) is 7.73. The molecule has 2 saturated carbocycles. The van der Waals surface area contributed by atoms with Crippen molar-refractivity contribution in [2.75, 3.05) is 6.54 Å². The quantitative estimate of drug-likeness (QED) is 0.242. The number of allylic oxidation sites excluding steroid dienone is 1. The van der Waals surface area contributed by atoms with E-state index >= 15 is 0 Å². The number of furan rings is 1. The molecule has 4 aromatic rings. The number of nitrogens with zero attached hydrogens (tertiary/aromatic N) is 2. The third-order valence-electron chi connectivity index (χ3n) is 10.8. The average molecular weight is 764 g/mol. The van der Waals surface area contributed by atoms with Gasteiger partial charge in [-0.05, 0) is 68.9 Å². The smallest absolute Gasteiger partial charge is 0.259 e. The minimum absolute atomic E-state index is 0.0821.